The standard InChI is InChI=1S/C21H17ClN4O2/c1-14-2-4-16(5-3-14)21-23-19(28-25-21)12-13-26-20(27)11-10-18(24-26)15-6-8-17(22)9-7-15/h2-11H,12-13H2,1H3. The first-order chi connectivity index (χ1) is 13.6. The monoisotopic (exact) mass is 392 g/mol. The Morgan fingerprint density at radius 3 is 2.43 bits per heavy atom. The van der Waals surface area contributed by atoms with Gasteiger partial charge in [-0.05, 0) is 25.1 Å². The molecule has 0 radical (unpaired) electrons. The molecule has 2 heterocycles. The van der Waals surface area contributed by atoms with Crippen LogP contribution in [0.5, 0.6) is 0 Å². The molecule has 0 aliphatic rings. The molecule has 2 aromatic carbocycles. The summed E-state index contributed by atoms with van der Waals surface area (Å²) in [4.78, 5) is 16.6. The fourth-order valence-corrected chi connectivity index (χ4v) is 2.89. The Morgan fingerprint density at radius 1 is 0.964 bits per heavy atom. The van der Waals surface area contributed by atoms with Crippen LogP contribution in [0.15, 0.2) is 70.0 Å². The summed E-state index contributed by atoms with van der Waals surface area (Å²) < 4.78 is 6.72. The van der Waals surface area contributed by atoms with Crippen LogP contribution in [0, 0.1) is 6.92 Å². The first kappa shape index (κ1) is 18.1. The van der Waals surface area contributed by atoms with E-state index in [1.807, 2.05) is 43.3 Å². The van der Waals surface area contributed by atoms with Crippen LogP contribution in [-0.2, 0) is 13.0 Å². The molecule has 0 N–H and O–H groups in total. The van der Waals surface area contributed by atoms with E-state index in [4.69, 9.17) is 16.1 Å². The Hall–Kier alpha value is -3.25. The minimum atomic E-state index is -0.184. The lowest BCUT2D eigenvalue weighted by Crippen LogP contribution is -2.23. The Balaban J connectivity index is 1.50. The van der Waals surface area contributed by atoms with Crippen molar-refractivity contribution in [2.24, 2.45) is 0 Å². The Labute approximate surface area is 166 Å². The van der Waals surface area contributed by atoms with E-state index in [0.29, 0.717) is 35.4 Å². The van der Waals surface area contributed by atoms with Gasteiger partial charge >= 0.3 is 0 Å². The van der Waals surface area contributed by atoms with Crippen molar-refractivity contribution in [2.75, 3.05) is 0 Å². The third kappa shape index (κ3) is 4.02. The highest BCUT2D eigenvalue weighted by atomic mass is 35.5. The average molecular weight is 393 g/mol. The molecule has 7 heteroatoms. The van der Waals surface area contributed by atoms with Crippen LogP contribution < -0.4 is 5.56 Å². The van der Waals surface area contributed by atoms with Crippen molar-refractivity contribution in [3.05, 3.63) is 87.5 Å². The van der Waals surface area contributed by atoms with E-state index >= 15 is 0 Å². The maximum atomic E-state index is 12.1. The molecule has 4 aromatic rings. The first-order valence-electron chi connectivity index (χ1n) is 8.82. The molecule has 6 nitrogen and oxygen atoms in total. The van der Waals surface area contributed by atoms with E-state index < -0.39 is 0 Å². The lowest BCUT2D eigenvalue weighted by atomic mass is 10.1. The molecule has 4 rings (SSSR count). The summed E-state index contributed by atoms with van der Waals surface area (Å²) in [6, 6.07) is 18.4. The maximum Gasteiger partial charge on any atom is 0.266 e. The van der Waals surface area contributed by atoms with Gasteiger partial charge in [0, 0.05) is 28.6 Å². The van der Waals surface area contributed by atoms with E-state index in [9.17, 15) is 4.79 Å². The summed E-state index contributed by atoms with van der Waals surface area (Å²) in [6.45, 7) is 2.37. The molecule has 0 bridgehead atoms. The van der Waals surface area contributed by atoms with Gasteiger partial charge in [-0.1, -0.05) is 58.7 Å². The smallest absolute Gasteiger partial charge is 0.266 e. The fraction of sp³-hybridized carbons (Fsp3) is 0.143. The lowest BCUT2D eigenvalue weighted by molar-refractivity contribution is 0.368. The van der Waals surface area contributed by atoms with E-state index in [1.54, 1.807) is 18.2 Å². The predicted octanol–water partition coefficient (Wildman–Crippen LogP) is 4.16. The van der Waals surface area contributed by atoms with Gasteiger partial charge in [0.2, 0.25) is 11.7 Å². The van der Waals surface area contributed by atoms with Crippen molar-refractivity contribution in [3.8, 4) is 22.6 Å². The van der Waals surface area contributed by atoms with Crippen LogP contribution in [0.3, 0.4) is 0 Å². The van der Waals surface area contributed by atoms with E-state index in [0.717, 1.165) is 11.1 Å². The van der Waals surface area contributed by atoms with Crippen LogP contribution in [0.25, 0.3) is 22.6 Å². The van der Waals surface area contributed by atoms with Gasteiger partial charge in [-0.15, -0.1) is 0 Å². The molecular formula is C21H17ClN4O2. The number of hydrogen-bond donors (Lipinski definition) is 0. The van der Waals surface area contributed by atoms with Crippen LogP contribution in [-0.4, -0.2) is 19.9 Å². The molecule has 0 fully saturated rings. The van der Waals surface area contributed by atoms with Crippen LogP contribution in [0.2, 0.25) is 5.02 Å². The second-order valence-electron chi connectivity index (χ2n) is 6.41. The van der Waals surface area contributed by atoms with E-state index in [2.05, 4.69) is 15.2 Å². The van der Waals surface area contributed by atoms with E-state index in [-0.39, 0.29) is 5.56 Å². The van der Waals surface area contributed by atoms with Crippen LogP contribution in [0.1, 0.15) is 11.5 Å². The van der Waals surface area contributed by atoms with Crippen LogP contribution in [0.4, 0.5) is 0 Å². The molecule has 0 aliphatic carbocycles. The minimum Gasteiger partial charge on any atom is -0.339 e. The number of benzene rings is 2. The molecule has 0 amide bonds. The van der Waals surface area contributed by atoms with Gasteiger partial charge in [-0.25, -0.2) is 4.68 Å². The lowest BCUT2D eigenvalue weighted by Gasteiger charge is -2.06. The van der Waals surface area contributed by atoms with Gasteiger partial charge in [0.25, 0.3) is 5.56 Å². The SMILES string of the molecule is Cc1ccc(-c2noc(CCn3nc(-c4ccc(Cl)cc4)ccc3=O)n2)cc1. The summed E-state index contributed by atoms with van der Waals surface area (Å²) in [5.74, 6) is 0.992. The second-order valence-corrected chi connectivity index (χ2v) is 6.85. The molecule has 0 unspecified atom stereocenters. The summed E-state index contributed by atoms with van der Waals surface area (Å²) in [5.41, 5.74) is 3.45. The van der Waals surface area contributed by atoms with Gasteiger partial charge in [0.15, 0.2) is 0 Å². The third-order valence-corrected chi connectivity index (χ3v) is 4.57. The van der Waals surface area contributed by atoms with Gasteiger partial charge in [-0.3, -0.25) is 4.79 Å². The van der Waals surface area contributed by atoms with Crippen molar-refractivity contribution in [1.82, 2.24) is 19.9 Å². The van der Waals surface area contributed by atoms with Crippen molar-refractivity contribution in [2.45, 2.75) is 19.9 Å². The van der Waals surface area contributed by atoms with Gasteiger partial charge < -0.3 is 4.52 Å². The van der Waals surface area contributed by atoms with Gasteiger partial charge in [-0.2, -0.15) is 10.1 Å². The molecule has 28 heavy (non-hydrogen) atoms. The van der Waals surface area contributed by atoms with Gasteiger partial charge in [0.1, 0.15) is 0 Å². The van der Waals surface area contributed by atoms with Crippen LogP contribution >= 0.6 is 11.6 Å². The zero-order valence-electron chi connectivity index (χ0n) is 15.2. The fourth-order valence-electron chi connectivity index (χ4n) is 2.76. The molecule has 0 aliphatic heterocycles. The highest BCUT2D eigenvalue weighted by Crippen LogP contribution is 2.19. The highest BCUT2D eigenvalue weighted by Gasteiger charge is 2.10. The summed E-state index contributed by atoms with van der Waals surface area (Å²) >= 11 is 5.93. The Bertz CT molecular complexity index is 1150. The highest BCUT2D eigenvalue weighted by molar-refractivity contribution is 6.30. The first-order valence-corrected chi connectivity index (χ1v) is 9.20. The van der Waals surface area contributed by atoms with Crippen molar-refractivity contribution >= 4 is 11.6 Å². The van der Waals surface area contributed by atoms with Crippen molar-refractivity contribution in [1.29, 1.82) is 0 Å². The largest absolute Gasteiger partial charge is 0.339 e. The number of halogens is 1. The number of hydrogen-bond acceptors (Lipinski definition) is 5. The molecule has 0 saturated carbocycles. The number of nitrogens with zero attached hydrogens (tertiary/aromatic N) is 4. The summed E-state index contributed by atoms with van der Waals surface area (Å²) in [6.07, 6.45) is 0.413. The quantitative estimate of drug-likeness (QED) is 0.509. The average Bonchev–Trinajstić information content (AvgIpc) is 3.18. The zero-order valence-corrected chi connectivity index (χ0v) is 15.9. The molecule has 140 valence electrons. The Kier molecular flexibility index (Phi) is 5.04. The number of rotatable bonds is 5. The normalized spacial score (nSPS) is 10.9. The Morgan fingerprint density at radius 2 is 1.68 bits per heavy atom. The predicted molar refractivity (Wildman–Crippen MR) is 107 cm³/mol. The number of aryl methyl sites for hydroxylation is 3. The number of aromatic nitrogens is 4. The van der Waals surface area contributed by atoms with Crippen molar-refractivity contribution < 1.29 is 4.52 Å². The van der Waals surface area contributed by atoms with E-state index in [1.165, 1.54) is 16.3 Å². The molecule has 0 atom stereocenters. The summed E-state index contributed by atoms with van der Waals surface area (Å²) in [5, 5.41) is 9.10. The van der Waals surface area contributed by atoms with Crippen molar-refractivity contribution in [3.63, 3.8) is 0 Å². The zero-order chi connectivity index (χ0) is 19.5. The maximum absolute atomic E-state index is 12.1. The second kappa shape index (κ2) is 7.78. The van der Waals surface area contributed by atoms with Gasteiger partial charge in [0.05, 0.1) is 12.2 Å². The molecular weight excluding hydrogens is 376 g/mol. The molecule has 0 saturated heterocycles. The third-order valence-electron chi connectivity index (χ3n) is 4.32. The topological polar surface area (TPSA) is 73.8 Å². The minimum absolute atomic E-state index is 0.184. The summed E-state index contributed by atoms with van der Waals surface area (Å²) in [7, 11) is 0. The molecule has 2 aromatic heterocycles. The molecule has 0 spiro atoms.